The summed E-state index contributed by atoms with van der Waals surface area (Å²) in [4.78, 5) is 12.6. The van der Waals surface area contributed by atoms with Gasteiger partial charge in [0, 0.05) is 11.1 Å². The smallest absolute Gasteiger partial charge is 0.374 e. The molecule has 0 radical (unpaired) electrons. The van der Waals surface area contributed by atoms with Crippen LogP contribution in [0.2, 0.25) is 0 Å². The van der Waals surface area contributed by atoms with Crippen LogP contribution < -0.4 is 4.74 Å². The van der Waals surface area contributed by atoms with Crippen LogP contribution in [-0.2, 0) is 11.3 Å². The van der Waals surface area contributed by atoms with Gasteiger partial charge >= 0.3 is 5.97 Å². The molecule has 0 bridgehead atoms. The maximum atomic E-state index is 12.6. The fourth-order valence-corrected chi connectivity index (χ4v) is 4.23. The first-order chi connectivity index (χ1) is 16.4. The molecule has 34 heavy (non-hydrogen) atoms. The van der Waals surface area contributed by atoms with Gasteiger partial charge in [-0.2, -0.15) is 0 Å². The Morgan fingerprint density at radius 3 is 2.21 bits per heavy atom. The number of hydrogen-bond acceptors (Lipinski definition) is 4. The van der Waals surface area contributed by atoms with Gasteiger partial charge in [0.25, 0.3) is 0 Å². The standard InChI is InChI=1S/C30H30O4/c1-6-32-30(31)29-28(23-11-8-7-9-12-23)27(18-34-29)24-13-10-14-25(16-24)33-17-26-21(4)19(2)15-20(3)22(26)5/h7-16,18H,6,17H2,1-5H3. The lowest BCUT2D eigenvalue weighted by Gasteiger charge is -2.16. The van der Waals surface area contributed by atoms with Crippen molar-refractivity contribution in [3.05, 3.63) is 101 Å². The van der Waals surface area contributed by atoms with E-state index in [-0.39, 0.29) is 12.4 Å². The molecule has 4 heteroatoms. The minimum absolute atomic E-state index is 0.204. The summed E-state index contributed by atoms with van der Waals surface area (Å²) in [6.45, 7) is 11.1. The molecule has 0 fully saturated rings. The number of carbonyl (C=O) groups is 1. The number of aryl methyl sites for hydroxylation is 2. The normalized spacial score (nSPS) is 10.9. The Morgan fingerprint density at radius 2 is 1.53 bits per heavy atom. The van der Waals surface area contributed by atoms with Gasteiger partial charge in [-0.05, 0) is 85.7 Å². The summed E-state index contributed by atoms with van der Waals surface area (Å²) in [6.07, 6.45) is 1.62. The van der Waals surface area contributed by atoms with Crippen LogP contribution in [0.25, 0.3) is 22.3 Å². The highest BCUT2D eigenvalue weighted by molar-refractivity contribution is 6.00. The molecule has 4 nitrogen and oxygen atoms in total. The molecule has 0 aliphatic carbocycles. The van der Waals surface area contributed by atoms with E-state index < -0.39 is 5.97 Å². The summed E-state index contributed by atoms with van der Waals surface area (Å²) in [5.74, 6) is 0.491. The fourth-order valence-electron chi connectivity index (χ4n) is 4.23. The Balaban J connectivity index is 1.69. The van der Waals surface area contributed by atoms with Gasteiger partial charge in [0.2, 0.25) is 5.76 Å². The Morgan fingerprint density at radius 1 is 0.853 bits per heavy atom. The van der Waals surface area contributed by atoms with Crippen molar-refractivity contribution < 1.29 is 18.7 Å². The van der Waals surface area contributed by atoms with Crippen LogP contribution in [0.1, 0.15) is 45.3 Å². The first-order valence-electron chi connectivity index (χ1n) is 11.5. The van der Waals surface area contributed by atoms with Gasteiger partial charge in [0.15, 0.2) is 0 Å². The van der Waals surface area contributed by atoms with E-state index in [0.717, 1.165) is 28.0 Å². The van der Waals surface area contributed by atoms with Gasteiger partial charge in [-0.25, -0.2) is 4.79 Å². The van der Waals surface area contributed by atoms with Gasteiger partial charge in [-0.15, -0.1) is 0 Å². The number of rotatable bonds is 7. The fraction of sp³-hybridized carbons (Fsp3) is 0.233. The SMILES string of the molecule is CCOC(=O)c1occ(-c2cccc(OCc3c(C)c(C)cc(C)c3C)c2)c1-c1ccccc1. The number of furan rings is 1. The minimum atomic E-state index is -0.472. The Bertz CT molecular complexity index is 1290. The quantitative estimate of drug-likeness (QED) is 0.270. The van der Waals surface area contributed by atoms with Crippen molar-refractivity contribution in [2.75, 3.05) is 6.61 Å². The lowest BCUT2D eigenvalue weighted by Crippen LogP contribution is -2.05. The maximum Gasteiger partial charge on any atom is 0.374 e. The summed E-state index contributed by atoms with van der Waals surface area (Å²) < 4.78 is 17.2. The highest BCUT2D eigenvalue weighted by atomic mass is 16.5. The highest BCUT2D eigenvalue weighted by Crippen LogP contribution is 2.38. The lowest BCUT2D eigenvalue weighted by atomic mass is 9.95. The first kappa shape index (κ1) is 23.4. The molecule has 0 atom stereocenters. The maximum absolute atomic E-state index is 12.6. The molecular formula is C30H30O4. The van der Waals surface area contributed by atoms with Crippen LogP contribution in [0.4, 0.5) is 0 Å². The van der Waals surface area contributed by atoms with Gasteiger partial charge in [-0.1, -0.05) is 48.5 Å². The van der Waals surface area contributed by atoms with Crippen molar-refractivity contribution in [1.82, 2.24) is 0 Å². The third-order valence-electron chi connectivity index (χ3n) is 6.36. The van der Waals surface area contributed by atoms with Crippen LogP contribution in [-0.4, -0.2) is 12.6 Å². The second kappa shape index (κ2) is 10.0. The summed E-state index contributed by atoms with van der Waals surface area (Å²) >= 11 is 0. The van der Waals surface area contributed by atoms with Crippen LogP contribution in [0, 0.1) is 27.7 Å². The summed E-state index contributed by atoms with van der Waals surface area (Å²) in [7, 11) is 0. The van der Waals surface area contributed by atoms with Crippen molar-refractivity contribution in [3.63, 3.8) is 0 Å². The monoisotopic (exact) mass is 454 g/mol. The van der Waals surface area contributed by atoms with Crippen LogP contribution in [0.5, 0.6) is 5.75 Å². The third-order valence-corrected chi connectivity index (χ3v) is 6.36. The molecule has 0 saturated carbocycles. The van der Waals surface area contributed by atoms with E-state index in [1.165, 1.54) is 27.8 Å². The molecule has 0 aliphatic rings. The Labute approximate surface area is 201 Å². The van der Waals surface area contributed by atoms with Crippen molar-refractivity contribution in [2.24, 2.45) is 0 Å². The zero-order valence-electron chi connectivity index (χ0n) is 20.4. The van der Waals surface area contributed by atoms with Gasteiger partial charge < -0.3 is 13.9 Å². The molecule has 0 N–H and O–H groups in total. The van der Waals surface area contributed by atoms with E-state index in [2.05, 4.69) is 33.8 Å². The summed E-state index contributed by atoms with van der Waals surface area (Å²) in [5.41, 5.74) is 9.63. The molecule has 4 rings (SSSR count). The molecule has 174 valence electrons. The zero-order valence-corrected chi connectivity index (χ0v) is 20.4. The van der Waals surface area contributed by atoms with E-state index in [1.807, 2.05) is 54.6 Å². The minimum Gasteiger partial charge on any atom is -0.489 e. The van der Waals surface area contributed by atoms with Crippen molar-refractivity contribution in [2.45, 2.75) is 41.2 Å². The lowest BCUT2D eigenvalue weighted by molar-refractivity contribution is 0.0491. The first-order valence-corrected chi connectivity index (χ1v) is 11.5. The van der Waals surface area contributed by atoms with Crippen molar-refractivity contribution >= 4 is 5.97 Å². The molecule has 1 aromatic heterocycles. The molecular weight excluding hydrogens is 424 g/mol. The molecule has 0 aliphatic heterocycles. The topological polar surface area (TPSA) is 48.7 Å². The number of hydrogen-bond donors (Lipinski definition) is 0. The number of benzene rings is 3. The van der Waals surface area contributed by atoms with E-state index >= 15 is 0 Å². The molecule has 0 unspecified atom stereocenters. The van der Waals surface area contributed by atoms with E-state index in [4.69, 9.17) is 13.9 Å². The second-order valence-corrected chi connectivity index (χ2v) is 8.50. The van der Waals surface area contributed by atoms with Crippen LogP contribution >= 0.6 is 0 Å². The molecule has 0 spiro atoms. The number of ether oxygens (including phenoxy) is 2. The second-order valence-electron chi connectivity index (χ2n) is 8.50. The zero-order chi connectivity index (χ0) is 24.2. The predicted molar refractivity (Wildman–Crippen MR) is 135 cm³/mol. The average Bonchev–Trinajstić information content (AvgIpc) is 3.29. The molecule has 0 saturated heterocycles. The van der Waals surface area contributed by atoms with Crippen molar-refractivity contribution in [3.8, 4) is 28.0 Å². The number of esters is 1. The van der Waals surface area contributed by atoms with Gasteiger partial charge in [0.05, 0.1) is 6.61 Å². The van der Waals surface area contributed by atoms with Crippen LogP contribution in [0.15, 0.2) is 71.3 Å². The molecule has 1 heterocycles. The third kappa shape index (κ3) is 4.62. The Kier molecular flexibility index (Phi) is 6.87. The van der Waals surface area contributed by atoms with Crippen molar-refractivity contribution in [1.29, 1.82) is 0 Å². The van der Waals surface area contributed by atoms with E-state index in [1.54, 1.807) is 13.2 Å². The van der Waals surface area contributed by atoms with Gasteiger partial charge in [-0.3, -0.25) is 0 Å². The summed E-state index contributed by atoms with van der Waals surface area (Å²) in [5, 5.41) is 0. The molecule has 4 aromatic rings. The predicted octanol–water partition coefficient (Wildman–Crippen LogP) is 7.60. The van der Waals surface area contributed by atoms with Crippen LogP contribution in [0.3, 0.4) is 0 Å². The van der Waals surface area contributed by atoms with E-state index in [0.29, 0.717) is 6.61 Å². The Hall–Kier alpha value is -3.79. The summed E-state index contributed by atoms with van der Waals surface area (Å²) in [6, 6.07) is 19.9. The molecule has 3 aromatic carbocycles. The van der Waals surface area contributed by atoms with E-state index in [9.17, 15) is 4.79 Å². The number of carbonyl (C=O) groups excluding carboxylic acids is 1. The highest BCUT2D eigenvalue weighted by Gasteiger charge is 2.23. The van der Waals surface area contributed by atoms with Gasteiger partial charge in [0.1, 0.15) is 18.6 Å². The molecule has 0 amide bonds. The average molecular weight is 455 g/mol. The largest absolute Gasteiger partial charge is 0.489 e.